The Balaban J connectivity index is 2.47. The van der Waals surface area contributed by atoms with E-state index in [1.54, 1.807) is 49.6 Å². The zero-order valence-electron chi connectivity index (χ0n) is 19.5. The topological polar surface area (TPSA) is 82.7 Å². The summed E-state index contributed by atoms with van der Waals surface area (Å²) >= 11 is 0. The summed E-state index contributed by atoms with van der Waals surface area (Å²) in [6.45, 7) is 4.99. The van der Waals surface area contributed by atoms with Crippen molar-refractivity contribution in [3.8, 4) is 11.4 Å². The van der Waals surface area contributed by atoms with Crippen molar-refractivity contribution in [2.45, 2.75) is 63.7 Å². The monoisotopic (exact) mass is 477 g/mol. The molecule has 1 heterocycles. The second-order valence-corrected chi connectivity index (χ2v) is 9.63. The molecule has 0 unspecified atom stereocenters. The number of aliphatic carboxylic acids is 1. The number of rotatable bonds is 10. The SMILES string of the molecule is CC(C)(CO)c1c([C@@](C)(CCC(=O)O)CCC(F)F)c2c(O)cccc2n1-c1ccc(F)cc1. The number of halogens is 3. The Bertz CT molecular complexity index is 1170. The number of carbonyl (C=O) groups is 1. The standard InChI is InChI=1S/C26H30F3NO4/c1-25(2,15-31)24-23(26(3,13-11-20(28)29)14-12-21(33)34)22-18(5-4-6-19(22)32)30(24)17-9-7-16(27)8-10-17/h4-10,20,31-32H,11-15H2,1-3H3,(H,33,34)/t26-/m1/s1. The van der Waals surface area contributed by atoms with Crippen LogP contribution >= 0.6 is 0 Å². The third-order valence-corrected chi connectivity index (χ3v) is 6.50. The minimum Gasteiger partial charge on any atom is -0.507 e. The summed E-state index contributed by atoms with van der Waals surface area (Å²) < 4.78 is 42.2. The van der Waals surface area contributed by atoms with Crippen molar-refractivity contribution >= 4 is 16.9 Å². The Labute approximate surface area is 196 Å². The van der Waals surface area contributed by atoms with Crippen LogP contribution in [0.15, 0.2) is 42.5 Å². The number of phenols is 1. The molecule has 3 aromatic rings. The molecule has 0 saturated heterocycles. The van der Waals surface area contributed by atoms with Crippen LogP contribution in [0.3, 0.4) is 0 Å². The first-order valence-corrected chi connectivity index (χ1v) is 11.2. The Morgan fingerprint density at radius 3 is 2.26 bits per heavy atom. The molecule has 1 aromatic heterocycles. The first-order valence-electron chi connectivity index (χ1n) is 11.2. The van der Waals surface area contributed by atoms with Gasteiger partial charge in [0, 0.05) is 35.0 Å². The Kier molecular flexibility index (Phi) is 7.31. The summed E-state index contributed by atoms with van der Waals surface area (Å²) in [5, 5.41) is 31.1. The smallest absolute Gasteiger partial charge is 0.303 e. The number of aromatic nitrogens is 1. The molecule has 0 amide bonds. The van der Waals surface area contributed by atoms with Crippen LogP contribution < -0.4 is 0 Å². The van der Waals surface area contributed by atoms with E-state index in [-0.39, 0.29) is 31.6 Å². The molecule has 3 rings (SSSR count). The number of carboxylic acids is 1. The number of aromatic hydroxyl groups is 1. The summed E-state index contributed by atoms with van der Waals surface area (Å²) in [4.78, 5) is 11.5. The lowest BCUT2D eigenvalue weighted by atomic mass is 9.70. The molecule has 1 atom stereocenters. The van der Waals surface area contributed by atoms with E-state index in [2.05, 4.69) is 0 Å². The van der Waals surface area contributed by atoms with Gasteiger partial charge < -0.3 is 19.9 Å². The number of benzene rings is 2. The predicted molar refractivity (Wildman–Crippen MR) is 124 cm³/mol. The zero-order chi connectivity index (χ0) is 25.3. The van der Waals surface area contributed by atoms with Gasteiger partial charge in [-0.05, 0) is 60.2 Å². The van der Waals surface area contributed by atoms with Gasteiger partial charge in [0.2, 0.25) is 6.43 Å². The number of carboxylic acid groups (broad SMARTS) is 1. The number of fused-ring (bicyclic) bond motifs is 1. The van der Waals surface area contributed by atoms with Gasteiger partial charge >= 0.3 is 5.97 Å². The number of nitrogens with zero attached hydrogens (tertiary/aromatic N) is 1. The van der Waals surface area contributed by atoms with Crippen LogP contribution in [0, 0.1) is 5.82 Å². The minimum absolute atomic E-state index is 0.0245. The molecule has 0 aliphatic heterocycles. The second kappa shape index (κ2) is 9.70. The fourth-order valence-electron chi connectivity index (χ4n) is 4.67. The molecule has 184 valence electrons. The average Bonchev–Trinajstić information content (AvgIpc) is 3.15. The second-order valence-electron chi connectivity index (χ2n) is 9.63. The quantitative estimate of drug-likeness (QED) is 0.339. The van der Waals surface area contributed by atoms with Crippen molar-refractivity contribution in [1.82, 2.24) is 4.57 Å². The lowest BCUT2D eigenvalue weighted by Gasteiger charge is -2.35. The number of alkyl halides is 2. The number of hydrogen-bond acceptors (Lipinski definition) is 3. The maximum Gasteiger partial charge on any atom is 0.303 e. The highest BCUT2D eigenvalue weighted by molar-refractivity contribution is 5.94. The van der Waals surface area contributed by atoms with E-state index < -0.39 is 35.5 Å². The molecule has 8 heteroatoms. The van der Waals surface area contributed by atoms with Gasteiger partial charge in [0.25, 0.3) is 0 Å². The predicted octanol–water partition coefficient (Wildman–Crippen LogP) is 5.91. The fourth-order valence-corrected chi connectivity index (χ4v) is 4.67. The van der Waals surface area contributed by atoms with Gasteiger partial charge in [-0.15, -0.1) is 0 Å². The molecular weight excluding hydrogens is 447 g/mol. The van der Waals surface area contributed by atoms with Crippen molar-refractivity contribution in [2.75, 3.05) is 6.61 Å². The molecule has 3 N–H and O–H groups in total. The van der Waals surface area contributed by atoms with E-state index in [9.17, 15) is 33.3 Å². The summed E-state index contributed by atoms with van der Waals surface area (Å²) in [6, 6.07) is 10.6. The Morgan fingerprint density at radius 1 is 1.06 bits per heavy atom. The van der Waals surface area contributed by atoms with Crippen molar-refractivity contribution < 1.29 is 33.3 Å². The van der Waals surface area contributed by atoms with Crippen LogP contribution in [0.1, 0.15) is 57.7 Å². The molecule has 0 saturated carbocycles. The van der Waals surface area contributed by atoms with Crippen molar-refractivity contribution in [3.63, 3.8) is 0 Å². The van der Waals surface area contributed by atoms with Crippen LogP contribution in [0.2, 0.25) is 0 Å². The average molecular weight is 478 g/mol. The lowest BCUT2D eigenvalue weighted by Crippen LogP contribution is -2.33. The van der Waals surface area contributed by atoms with Crippen LogP contribution in [-0.4, -0.2) is 38.9 Å². The summed E-state index contributed by atoms with van der Waals surface area (Å²) in [6.07, 6.45) is -3.26. The van der Waals surface area contributed by atoms with Crippen LogP contribution in [0.5, 0.6) is 5.75 Å². The molecule has 0 fully saturated rings. The van der Waals surface area contributed by atoms with Gasteiger partial charge in [0.1, 0.15) is 11.6 Å². The normalized spacial score (nSPS) is 14.0. The minimum atomic E-state index is -2.59. The highest BCUT2D eigenvalue weighted by Crippen LogP contribution is 2.49. The molecule has 2 aromatic carbocycles. The zero-order valence-corrected chi connectivity index (χ0v) is 19.5. The first-order chi connectivity index (χ1) is 15.9. The van der Waals surface area contributed by atoms with Gasteiger partial charge in [0.15, 0.2) is 0 Å². The van der Waals surface area contributed by atoms with Crippen molar-refractivity contribution in [1.29, 1.82) is 0 Å². The number of hydrogen-bond donors (Lipinski definition) is 3. The molecule has 0 aliphatic rings. The maximum atomic E-state index is 13.7. The first kappa shape index (κ1) is 25.6. The maximum absolute atomic E-state index is 13.7. The summed E-state index contributed by atoms with van der Waals surface area (Å²) in [5.74, 6) is -1.57. The number of aliphatic hydroxyl groups excluding tert-OH is 1. The molecular formula is C26H30F3NO4. The molecule has 0 bridgehead atoms. The van der Waals surface area contributed by atoms with Gasteiger partial charge in [0.05, 0.1) is 12.1 Å². The summed E-state index contributed by atoms with van der Waals surface area (Å²) in [5.41, 5.74) is 0.223. The molecule has 34 heavy (non-hydrogen) atoms. The molecule has 0 spiro atoms. The molecule has 0 radical (unpaired) electrons. The van der Waals surface area contributed by atoms with E-state index in [0.717, 1.165) is 0 Å². The van der Waals surface area contributed by atoms with E-state index in [0.29, 0.717) is 27.8 Å². The van der Waals surface area contributed by atoms with E-state index in [1.165, 1.54) is 18.2 Å². The summed E-state index contributed by atoms with van der Waals surface area (Å²) in [7, 11) is 0. The van der Waals surface area contributed by atoms with Gasteiger partial charge in [-0.2, -0.15) is 0 Å². The third-order valence-electron chi connectivity index (χ3n) is 6.50. The van der Waals surface area contributed by atoms with Gasteiger partial charge in [-0.1, -0.05) is 26.8 Å². The van der Waals surface area contributed by atoms with Gasteiger partial charge in [-0.25, -0.2) is 13.2 Å². The molecule has 5 nitrogen and oxygen atoms in total. The largest absolute Gasteiger partial charge is 0.507 e. The van der Waals surface area contributed by atoms with Crippen LogP contribution in [-0.2, 0) is 15.6 Å². The molecule has 0 aliphatic carbocycles. The Hall–Kier alpha value is -3.00. The number of aliphatic hydroxyl groups is 1. The highest BCUT2D eigenvalue weighted by Gasteiger charge is 2.40. The number of phenolic OH excluding ortho intramolecular Hbond substituents is 1. The van der Waals surface area contributed by atoms with Crippen LogP contribution in [0.25, 0.3) is 16.6 Å². The van der Waals surface area contributed by atoms with E-state index in [1.807, 2.05) is 0 Å². The van der Waals surface area contributed by atoms with E-state index in [4.69, 9.17) is 0 Å². The third kappa shape index (κ3) is 4.92. The van der Waals surface area contributed by atoms with Crippen molar-refractivity contribution in [3.05, 3.63) is 59.5 Å². The van der Waals surface area contributed by atoms with Crippen molar-refractivity contribution in [2.24, 2.45) is 0 Å². The highest BCUT2D eigenvalue weighted by atomic mass is 19.3. The Morgan fingerprint density at radius 2 is 1.71 bits per heavy atom. The van der Waals surface area contributed by atoms with Crippen LogP contribution in [0.4, 0.5) is 13.2 Å². The lowest BCUT2D eigenvalue weighted by molar-refractivity contribution is -0.137. The van der Waals surface area contributed by atoms with E-state index >= 15 is 0 Å². The van der Waals surface area contributed by atoms with Gasteiger partial charge in [-0.3, -0.25) is 4.79 Å². The fraction of sp³-hybridized carbons (Fsp3) is 0.423.